The Kier molecular flexibility index (Phi) is 25.3. The molecule has 0 N–H and O–H groups in total. The third-order valence-electron chi connectivity index (χ3n) is 24.6. The zero-order valence-corrected chi connectivity index (χ0v) is 67.4. The Bertz CT molecular complexity index is 5260. The number of carbonyl (C=O) groups is 5. The van der Waals surface area contributed by atoms with Gasteiger partial charge in [-0.05, 0) is 265 Å². The number of aromatic nitrogens is 4. The summed E-state index contributed by atoms with van der Waals surface area (Å²) in [6.45, 7) is 11.1. The summed E-state index contributed by atoms with van der Waals surface area (Å²) in [5.41, 5.74) is 27.3. The highest BCUT2D eigenvalue weighted by Crippen LogP contribution is 2.38. The third kappa shape index (κ3) is 18.8. The van der Waals surface area contributed by atoms with E-state index in [4.69, 9.17) is 4.74 Å². The van der Waals surface area contributed by atoms with Crippen LogP contribution in [0.2, 0.25) is 0 Å². The van der Waals surface area contributed by atoms with Gasteiger partial charge in [0.25, 0.3) is 22.2 Å². The van der Waals surface area contributed by atoms with E-state index in [0.29, 0.717) is 106 Å². The SMILES string of the molecule is CC(=O)N(Cc1cc(-c2cc(C)c(=O)n(C)c2)cc2c1CC(=O)CC2)C1CCCC1.Cc1cc(-c2cc(COC3CCCC3)c3c(c2)CC(=O)CC3)cn(C)c1=O.Cc1cc(-c2cc3c(c(CN(C)C4CCCC4)c2)CC(=O)CC3)cn(C)c1=O.Cc1cc(-c2cc3c(c(Cc4ccccc4)c2)CCC(=O)C3)cn(C)c1=O. The number of amides is 1. The third-order valence-corrected chi connectivity index (χ3v) is 24.6. The summed E-state index contributed by atoms with van der Waals surface area (Å²) in [6, 6.07) is 36.7. The van der Waals surface area contributed by atoms with Crippen molar-refractivity contribution in [2.45, 2.75) is 233 Å². The first-order valence-electron chi connectivity index (χ1n) is 40.8. The number of rotatable bonds is 15. The maximum absolute atomic E-state index is 12.5. The Morgan fingerprint density at radius 3 is 1.16 bits per heavy atom. The average Bonchev–Trinajstić information content (AvgIpc) is 0.800. The van der Waals surface area contributed by atoms with E-state index in [2.05, 4.69) is 84.7 Å². The van der Waals surface area contributed by atoms with Gasteiger partial charge in [-0.2, -0.15) is 0 Å². The Balaban J connectivity index is 0.000000131. The zero-order valence-electron chi connectivity index (χ0n) is 67.4. The summed E-state index contributed by atoms with van der Waals surface area (Å²) >= 11 is 0. The molecule has 0 spiro atoms. The lowest BCUT2D eigenvalue weighted by atomic mass is 9.83. The topological polar surface area (TPSA) is 189 Å². The summed E-state index contributed by atoms with van der Waals surface area (Å²) in [6.07, 6.45) is 30.9. The van der Waals surface area contributed by atoms with E-state index in [1.54, 1.807) is 46.3 Å². The molecule has 0 unspecified atom stereocenters. The van der Waals surface area contributed by atoms with E-state index >= 15 is 0 Å². The lowest BCUT2D eigenvalue weighted by Gasteiger charge is -2.30. The number of hydrogen-bond donors (Lipinski definition) is 0. The van der Waals surface area contributed by atoms with E-state index in [0.717, 1.165) is 148 Å². The van der Waals surface area contributed by atoms with Gasteiger partial charge >= 0.3 is 0 Å². The minimum Gasteiger partial charge on any atom is -0.374 e. The van der Waals surface area contributed by atoms with Gasteiger partial charge in [0.05, 0.1) is 12.7 Å². The minimum atomic E-state index is 0.00604. The van der Waals surface area contributed by atoms with Crippen molar-refractivity contribution in [1.29, 1.82) is 0 Å². The Morgan fingerprint density at radius 1 is 0.384 bits per heavy atom. The molecule has 5 aromatic carbocycles. The monoisotopic (exact) mass is 1510 g/mol. The van der Waals surface area contributed by atoms with Crippen molar-refractivity contribution >= 4 is 29.0 Å². The summed E-state index contributed by atoms with van der Waals surface area (Å²) < 4.78 is 12.7. The predicted molar refractivity (Wildman–Crippen MR) is 444 cm³/mol. The van der Waals surface area contributed by atoms with Crippen LogP contribution in [0.1, 0.15) is 204 Å². The zero-order chi connectivity index (χ0) is 79.2. The molecular formula is C96H110N6O10. The van der Waals surface area contributed by atoms with E-state index in [1.165, 1.54) is 101 Å². The molecule has 112 heavy (non-hydrogen) atoms. The predicted octanol–water partition coefficient (Wildman–Crippen LogP) is 15.4. The molecule has 0 aliphatic heterocycles. The van der Waals surface area contributed by atoms with Crippen LogP contribution >= 0.6 is 0 Å². The van der Waals surface area contributed by atoms with Crippen molar-refractivity contribution in [2.75, 3.05) is 7.05 Å². The van der Waals surface area contributed by atoms with Crippen LogP contribution in [0.25, 0.3) is 44.5 Å². The molecule has 3 fully saturated rings. The smallest absolute Gasteiger partial charge is 0.253 e. The first kappa shape index (κ1) is 80.0. The van der Waals surface area contributed by atoms with Gasteiger partial charge in [0.2, 0.25) is 5.91 Å². The summed E-state index contributed by atoms with van der Waals surface area (Å²) in [5.74, 6) is 1.33. The van der Waals surface area contributed by atoms with E-state index in [9.17, 15) is 43.2 Å². The van der Waals surface area contributed by atoms with Gasteiger partial charge in [-0.3, -0.25) is 48.1 Å². The second kappa shape index (κ2) is 35.3. The lowest BCUT2D eigenvalue weighted by Crippen LogP contribution is -2.37. The fourth-order valence-electron chi connectivity index (χ4n) is 18.4. The molecule has 0 radical (unpaired) electrons. The molecule has 4 heterocycles. The molecule has 7 aliphatic carbocycles. The fourth-order valence-corrected chi connectivity index (χ4v) is 18.4. The van der Waals surface area contributed by atoms with Crippen LogP contribution in [0.3, 0.4) is 0 Å². The van der Waals surface area contributed by atoms with E-state index < -0.39 is 0 Å². The molecule has 584 valence electrons. The second-order valence-electron chi connectivity index (χ2n) is 33.1. The van der Waals surface area contributed by atoms with E-state index in [-0.39, 0.29) is 33.9 Å². The molecule has 0 saturated heterocycles. The van der Waals surface area contributed by atoms with Crippen LogP contribution in [0.4, 0.5) is 0 Å². The highest BCUT2D eigenvalue weighted by Gasteiger charge is 2.31. The summed E-state index contributed by atoms with van der Waals surface area (Å²) in [7, 11) is 9.37. The Morgan fingerprint density at radius 2 is 0.741 bits per heavy atom. The van der Waals surface area contributed by atoms with Crippen LogP contribution in [-0.4, -0.2) is 82.3 Å². The number of fused-ring (bicyclic) bond motifs is 4. The molecule has 1 amide bonds. The van der Waals surface area contributed by atoms with Gasteiger partial charge in [-0.25, -0.2) is 0 Å². The summed E-state index contributed by atoms with van der Waals surface area (Å²) in [5, 5.41) is 0. The molecule has 4 aromatic heterocycles. The minimum absolute atomic E-state index is 0.00604. The number of hydrogen-bond acceptors (Lipinski definition) is 11. The number of Topliss-reactive ketones (excluding diaryl/α,β-unsaturated/α-hetero) is 4. The molecule has 16 nitrogen and oxygen atoms in total. The Labute approximate surface area is 658 Å². The molecule has 16 heteroatoms. The van der Waals surface area contributed by atoms with Gasteiger partial charge in [-0.15, -0.1) is 0 Å². The van der Waals surface area contributed by atoms with E-state index in [1.807, 2.05) is 94.8 Å². The van der Waals surface area contributed by atoms with Crippen LogP contribution < -0.4 is 22.2 Å². The molecule has 7 aliphatic rings. The van der Waals surface area contributed by atoms with Crippen molar-refractivity contribution in [2.24, 2.45) is 28.2 Å². The first-order valence-corrected chi connectivity index (χ1v) is 40.8. The summed E-state index contributed by atoms with van der Waals surface area (Å²) in [4.78, 5) is 114. The molecule has 0 bridgehead atoms. The van der Waals surface area contributed by atoms with Gasteiger partial charge < -0.3 is 27.9 Å². The van der Waals surface area contributed by atoms with Crippen molar-refractivity contribution in [1.82, 2.24) is 28.1 Å². The fraction of sp³-hybridized carbons (Fsp3) is 0.427. The van der Waals surface area contributed by atoms with Crippen LogP contribution in [-0.2, 0) is 134 Å². The quantitative estimate of drug-likeness (QED) is 0.0949. The number of ketones is 4. The van der Waals surface area contributed by atoms with Crippen molar-refractivity contribution in [3.05, 3.63) is 264 Å². The standard InChI is InChI=1S/C25H30N2O3.C24H30N2O2.C24H23NO2.C23H27NO3/c1-16-10-20(14-26(3)25(16)30)19-11-18-8-9-23(29)13-24(18)21(12-19)15-27(17(2)28)22-6-4-5-7-22;1-16-10-19(14-26(3)24(16)28)18-11-17-8-9-22(27)13-23(17)20(12-18)15-25(2)21-6-4-5-7-21;1-16-10-21(15-25(2)24(16)27)18-12-19(11-17-6-4-3-5-7-17)23-9-8-22(26)14-20(23)13-18;1-15-9-18(13-24(2)23(15)26)16-10-17-12-20(25)7-8-22(17)19(11-16)14-27-21-5-3-4-6-21/h10-12,14,22H,4-9,13,15H2,1-3H3;10-12,14,21H,4-9,13,15H2,1-3H3;3-7,10,12-13,15H,8-9,11,14H2,1-2H3;9-11,13,21H,3-8,12,14H2,1-2H3. The van der Waals surface area contributed by atoms with Crippen LogP contribution in [0, 0.1) is 27.7 Å². The molecule has 3 saturated carbocycles. The van der Waals surface area contributed by atoms with Gasteiger partial charge in [0.15, 0.2) is 0 Å². The number of pyridine rings is 4. The Hall–Kier alpha value is -10.0. The number of ether oxygens (including phenoxy) is 1. The second-order valence-corrected chi connectivity index (χ2v) is 33.1. The maximum Gasteiger partial charge on any atom is 0.253 e. The van der Waals surface area contributed by atoms with Gasteiger partial charge in [0.1, 0.15) is 23.1 Å². The number of nitrogens with zero attached hydrogens (tertiary/aromatic N) is 6. The molecular weight excluding hydrogens is 1400 g/mol. The largest absolute Gasteiger partial charge is 0.374 e. The van der Waals surface area contributed by atoms with Gasteiger partial charge in [-0.1, -0.05) is 99.2 Å². The van der Waals surface area contributed by atoms with Crippen LogP contribution in [0.15, 0.2) is 147 Å². The normalized spacial score (nSPS) is 16.2. The first-order chi connectivity index (χ1) is 53.8. The lowest BCUT2D eigenvalue weighted by molar-refractivity contribution is -0.131. The number of aryl methyl sites for hydroxylation is 10. The average molecular weight is 1510 g/mol. The number of benzene rings is 5. The van der Waals surface area contributed by atoms with Crippen molar-refractivity contribution in [3.8, 4) is 44.5 Å². The highest BCUT2D eigenvalue weighted by molar-refractivity contribution is 5.87. The van der Waals surface area contributed by atoms with Crippen molar-refractivity contribution in [3.63, 3.8) is 0 Å². The van der Waals surface area contributed by atoms with Gasteiger partial charge in [0, 0.05) is 159 Å². The molecule has 9 aromatic rings. The maximum atomic E-state index is 12.5. The van der Waals surface area contributed by atoms with Crippen LogP contribution in [0.5, 0.6) is 0 Å². The highest BCUT2D eigenvalue weighted by atomic mass is 16.5. The molecule has 0 atom stereocenters. The number of carbonyl (C=O) groups excluding carboxylic acids is 5. The van der Waals surface area contributed by atoms with Crippen molar-refractivity contribution < 1.29 is 28.7 Å². The molecule has 16 rings (SSSR count).